The molecule has 1 saturated heterocycles. The van der Waals surface area contributed by atoms with Crippen LogP contribution in [0, 0.1) is 6.92 Å². The van der Waals surface area contributed by atoms with E-state index in [-0.39, 0.29) is 12.0 Å². The average Bonchev–Trinajstić information content (AvgIpc) is 3.27. The molecule has 1 aromatic carbocycles. The molecular formula is C25H29N5O3. The number of hydrogen-bond donors (Lipinski definition) is 1. The Kier molecular flexibility index (Phi) is 6.26. The molecule has 1 N–H and O–H groups in total. The van der Waals surface area contributed by atoms with Gasteiger partial charge in [0.05, 0.1) is 18.8 Å². The normalized spacial score (nSPS) is 18.2. The Morgan fingerprint density at radius 1 is 1.15 bits per heavy atom. The molecule has 0 unspecified atom stereocenters. The van der Waals surface area contributed by atoms with Gasteiger partial charge in [0.15, 0.2) is 5.82 Å². The quantitative estimate of drug-likeness (QED) is 0.614. The molecule has 8 nitrogen and oxygen atoms in total. The number of aromatic nitrogens is 2. The van der Waals surface area contributed by atoms with E-state index in [2.05, 4.69) is 44.6 Å². The first kappa shape index (κ1) is 21.5. The highest BCUT2D eigenvalue weighted by Gasteiger charge is 2.27. The van der Waals surface area contributed by atoms with Gasteiger partial charge in [-0.1, -0.05) is 29.4 Å². The first-order valence-electron chi connectivity index (χ1n) is 11.6. The third-order valence-corrected chi connectivity index (χ3v) is 6.21. The van der Waals surface area contributed by atoms with Crippen LogP contribution in [0.25, 0.3) is 0 Å². The van der Waals surface area contributed by atoms with Gasteiger partial charge in [-0.3, -0.25) is 4.79 Å². The topological polar surface area (TPSA) is 83.7 Å². The third kappa shape index (κ3) is 5.01. The maximum atomic E-state index is 13.0. The molecule has 3 aromatic rings. The molecular weight excluding hydrogens is 418 g/mol. The zero-order valence-corrected chi connectivity index (χ0v) is 18.9. The summed E-state index contributed by atoms with van der Waals surface area (Å²) < 4.78 is 11.1. The predicted octanol–water partition coefficient (Wildman–Crippen LogP) is 3.86. The van der Waals surface area contributed by atoms with Crippen LogP contribution in [-0.4, -0.2) is 53.7 Å². The maximum absolute atomic E-state index is 13.0. The van der Waals surface area contributed by atoms with Crippen LogP contribution < -0.4 is 10.2 Å². The lowest BCUT2D eigenvalue weighted by Gasteiger charge is -2.34. The van der Waals surface area contributed by atoms with E-state index in [1.165, 1.54) is 11.3 Å². The Balaban J connectivity index is 1.19. The average molecular weight is 448 g/mol. The van der Waals surface area contributed by atoms with Crippen molar-refractivity contribution < 1.29 is 14.1 Å². The molecule has 1 fully saturated rings. The molecule has 1 amide bonds. The summed E-state index contributed by atoms with van der Waals surface area (Å²) in [5.41, 5.74) is 3.44. The number of anilines is 3. The van der Waals surface area contributed by atoms with E-state index in [4.69, 9.17) is 9.26 Å². The minimum Gasteiger partial charge on any atom is -0.371 e. The van der Waals surface area contributed by atoms with Crippen molar-refractivity contribution in [3.63, 3.8) is 0 Å². The van der Waals surface area contributed by atoms with E-state index in [0.717, 1.165) is 37.4 Å². The molecule has 0 saturated carbocycles. The van der Waals surface area contributed by atoms with E-state index in [1.807, 2.05) is 36.1 Å². The predicted molar refractivity (Wildman–Crippen MR) is 126 cm³/mol. The molecule has 8 heteroatoms. The molecule has 0 radical (unpaired) electrons. The van der Waals surface area contributed by atoms with Crippen LogP contribution in [0.4, 0.5) is 17.3 Å². The number of amides is 1. The molecule has 172 valence electrons. The number of nitrogens with zero attached hydrogens (tertiary/aromatic N) is 4. The standard InChI is InChI=1S/C25H29N5O3/c1-18-16-24(28-33-18)27-23-10-4-8-20(26-23)22-17-30(14-15-32-22)25(31)11-13-29-12-5-7-19-6-2-3-9-21(19)29/h2-4,6,8-10,16,22H,5,7,11-15,17H2,1H3,(H,26,27,28)/t22-/m1/s1. The Morgan fingerprint density at radius 2 is 2.06 bits per heavy atom. The number of carbonyl (C=O) groups excluding carboxylic acids is 1. The number of morpholine rings is 1. The lowest BCUT2D eigenvalue weighted by Crippen LogP contribution is -2.43. The van der Waals surface area contributed by atoms with Crippen molar-refractivity contribution in [2.75, 3.05) is 43.0 Å². The lowest BCUT2D eigenvalue weighted by molar-refractivity contribution is -0.138. The maximum Gasteiger partial charge on any atom is 0.224 e. The van der Waals surface area contributed by atoms with Gasteiger partial charge >= 0.3 is 0 Å². The number of para-hydroxylation sites is 1. The van der Waals surface area contributed by atoms with Crippen LogP contribution >= 0.6 is 0 Å². The van der Waals surface area contributed by atoms with Crippen molar-refractivity contribution in [1.82, 2.24) is 15.0 Å². The van der Waals surface area contributed by atoms with Gasteiger partial charge in [0, 0.05) is 37.8 Å². The zero-order valence-electron chi connectivity index (χ0n) is 18.9. The number of ether oxygens (including phenoxy) is 1. The molecule has 2 aliphatic heterocycles. The van der Waals surface area contributed by atoms with Crippen LogP contribution in [0.3, 0.4) is 0 Å². The molecule has 2 aliphatic rings. The first-order valence-corrected chi connectivity index (χ1v) is 11.6. The van der Waals surface area contributed by atoms with Crippen LogP contribution in [0.5, 0.6) is 0 Å². The van der Waals surface area contributed by atoms with Gasteiger partial charge < -0.3 is 24.4 Å². The SMILES string of the molecule is Cc1cc(Nc2cccc([C@H]3CN(C(=O)CCN4CCCc5ccccc54)CCO3)n2)no1. The summed E-state index contributed by atoms with van der Waals surface area (Å²) in [4.78, 5) is 22.0. The summed E-state index contributed by atoms with van der Waals surface area (Å²) in [5.74, 6) is 2.17. The van der Waals surface area contributed by atoms with Gasteiger partial charge in [-0.15, -0.1) is 0 Å². The Bertz CT molecular complexity index is 1110. The molecule has 2 aromatic heterocycles. The van der Waals surface area contributed by atoms with E-state index >= 15 is 0 Å². The molecule has 0 aliphatic carbocycles. The van der Waals surface area contributed by atoms with Gasteiger partial charge in [0.25, 0.3) is 0 Å². The van der Waals surface area contributed by atoms with Crippen molar-refractivity contribution in [2.24, 2.45) is 0 Å². The number of pyridine rings is 1. The molecule has 1 atom stereocenters. The fraction of sp³-hybridized carbons (Fsp3) is 0.400. The number of fused-ring (bicyclic) bond motifs is 1. The van der Waals surface area contributed by atoms with Crippen molar-refractivity contribution in [2.45, 2.75) is 32.3 Å². The van der Waals surface area contributed by atoms with Crippen LogP contribution in [0.2, 0.25) is 0 Å². The smallest absolute Gasteiger partial charge is 0.224 e. The van der Waals surface area contributed by atoms with Crippen LogP contribution in [-0.2, 0) is 16.0 Å². The van der Waals surface area contributed by atoms with E-state index in [1.54, 1.807) is 0 Å². The number of benzene rings is 1. The number of aryl methyl sites for hydroxylation is 2. The fourth-order valence-corrected chi connectivity index (χ4v) is 4.54. The van der Waals surface area contributed by atoms with Gasteiger partial charge in [-0.25, -0.2) is 4.98 Å². The minimum atomic E-state index is -0.251. The summed E-state index contributed by atoms with van der Waals surface area (Å²) in [6.07, 6.45) is 2.50. The highest BCUT2D eigenvalue weighted by molar-refractivity contribution is 5.77. The largest absolute Gasteiger partial charge is 0.371 e. The zero-order chi connectivity index (χ0) is 22.6. The molecule has 33 heavy (non-hydrogen) atoms. The third-order valence-electron chi connectivity index (χ3n) is 6.21. The van der Waals surface area contributed by atoms with E-state index in [9.17, 15) is 4.79 Å². The number of hydrogen-bond acceptors (Lipinski definition) is 7. The summed E-state index contributed by atoms with van der Waals surface area (Å²) in [6.45, 7) is 5.22. The molecule has 0 bridgehead atoms. The summed E-state index contributed by atoms with van der Waals surface area (Å²) in [6, 6.07) is 16.1. The van der Waals surface area contributed by atoms with Gasteiger partial charge in [-0.2, -0.15) is 0 Å². The monoisotopic (exact) mass is 447 g/mol. The van der Waals surface area contributed by atoms with Crippen molar-refractivity contribution in [1.29, 1.82) is 0 Å². The number of rotatable bonds is 6. The van der Waals surface area contributed by atoms with Crippen molar-refractivity contribution >= 4 is 23.2 Å². The van der Waals surface area contributed by atoms with Gasteiger partial charge in [0.2, 0.25) is 5.91 Å². The van der Waals surface area contributed by atoms with Crippen molar-refractivity contribution in [3.8, 4) is 0 Å². The second-order valence-electron chi connectivity index (χ2n) is 8.56. The van der Waals surface area contributed by atoms with Crippen molar-refractivity contribution in [3.05, 3.63) is 65.5 Å². The summed E-state index contributed by atoms with van der Waals surface area (Å²) in [5, 5.41) is 7.09. The Morgan fingerprint density at radius 3 is 2.94 bits per heavy atom. The van der Waals surface area contributed by atoms with Gasteiger partial charge in [0.1, 0.15) is 17.7 Å². The summed E-state index contributed by atoms with van der Waals surface area (Å²) in [7, 11) is 0. The number of nitrogens with one attached hydrogen (secondary N) is 1. The highest BCUT2D eigenvalue weighted by atomic mass is 16.5. The summed E-state index contributed by atoms with van der Waals surface area (Å²) >= 11 is 0. The Labute approximate surface area is 193 Å². The van der Waals surface area contributed by atoms with Gasteiger partial charge in [-0.05, 0) is 43.5 Å². The molecule has 5 rings (SSSR count). The second kappa shape index (κ2) is 9.62. The van der Waals surface area contributed by atoms with E-state index in [0.29, 0.717) is 37.8 Å². The van der Waals surface area contributed by atoms with E-state index < -0.39 is 0 Å². The minimum absolute atomic E-state index is 0.165. The molecule has 4 heterocycles. The highest BCUT2D eigenvalue weighted by Crippen LogP contribution is 2.27. The number of carbonyl (C=O) groups is 1. The Hall–Kier alpha value is -3.39. The fourth-order valence-electron chi connectivity index (χ4n) is 4.54. The molecule has 0 spiro atoms. The van der Waals surface area contributed by atoms with Crippen LogP contribution in [0.15, 0.2) is 53.1 Å². The lowest BCUT2D eigenvalue weighted by atomic mass is 10.0. The second-order valence-corrected chi connectivity index (χ2v) is 8.56. The van der Waals surface area contributed by atoms with Crippen LogP contribution in [0.1, 0.15) is 36.0 Å². The first-order chi connectivity index (χ1) is 16.2.